The lowest BCUT2D eigenvalue weighted by Gasteiger charge is -2.03. The van der Waals surface area contributed by atoms with Crippen LogP contribution in [0, 0.1) is 0 Å². The third-order valence-electron chi connectivity index (χ3n) is 1.54. The molecular weight excluding hydrogens is 208 g/mol. The zero-order chi connectivity index (χ0) is 10.1. The lowest BCUT2D eigenvalue weighted by Crippen LogP contribution is -2.29. The first-order valence-electron chi connectivity index (χ1n) is 4.11. The van der Waals surface area contributed by atoms with Crippen LogP contribution >= 0.6 is 12.4 Å². The molecule has 0 aliphatic rings. The molecule has 0 aromatic rings. The van der Waals surface area contributed by atoms with Crippen molar-refractivity contribution in [3.05, 3.63) is 0 Å². The number of aliphatic imine (C=N–C) groups is 1. The molecule has 6 N–H and O–H groups in total. The fourth-order valence-electron chi connectivity index (χ4n) is 0.808. The van der Waals surface area contributed by atoms with Gasteiger partial charge in [-0.05, 0) is 19.3 Å². The topological polar surface area (TPSA) is 114 Å². The average Bonchev–Trinajstić information content (AvgIpc) is 2.10. The molecule has 0 saturated heterocycles. The number of rotatable bonds is 7. The van der Waals surface area contributed by atoms with Crippen LogP contribution in [0.5, 0.6) is 0 Å². The first-order chi connectivity index (χ1) is 6.18. The van der Waals surface area contributed by atoms with Crippen LogP contribution in [0.25, 0.3) is 0 Å². The summed E-state index contributed by atoms with van der Waals surface area (Å²) in [4.78, 5) is 14.2. The van der Waals surface area contributed by atoms with Gasteiger partial charge in [0.2, 0.25) is 0 Å². The van der Waals surface area contributed by atoms with Crippen LogP contribution in [0.15, 0.2) is 4.99 Å². The van der Waals surface area contributed by atoms with Gasteiger partial charge in [0.25, 0.3) is 0 Å². The number of hydrogen-bond donors (Lipinski definition) is 4. The molecular formula is C7H17ClN4O2. The summed E-state index contributed by atoms with van der Waals surface area (Å²) in [6, 6.07) is -0.753. The van der Waals surface area contributed by atoms with Gasteiger partial charge in [-0.3, -0.25) is 9.79 Å². The van der Waals surface area contributed by atoms with Crippen LogP contribution in [0.1, 0.15) is 19.3 Å². The minimum absolute atomic E-state index is 0. The number of hydrazine groups is 1. The molecule has 84 valence electrons. The number of carboxylic acid groups (broad SMARTS) is 1. The molecule has 0 aromatic carbocycles. The van der Waals surface area contributed by atoms with Crippen molar-refractivity contribution >= 4 is 24.7 Å². The van der Waals surface area contributed by atoms with Gasteiger partial charge < -0.3 is 16.3 Å². The van der Waals surface area contributed by atoms with Crippen LogP contribution in [-0.4, -0.2) is 30.0 Å². The molecule has 0 heterocycles. The highest BCUT2D eigenvalue weighted by atomic mass is 35.5. The number of carboxylic acids is 1. The van der Waals surface area contributed by atoms with Gasteiger partial charge in [-0.2, -0.15) is 0 Å². The van der Waals surface area contributed by atoms with Crippen LogP contribution in [-0.2, 0) is 4.79 Å². The van der Waals surface area contributed by atoms with E-state index in [4.69, 9.17) is 16.7 Å². The molecule has 1 atom stereocenters. The van der Waals surface area contributed by atoms with Crippen LogP contribution in [0.2, 0.25) is 0 Å². The van der Waals surface area contributed by atoms with Gasteiger partial charge in [-0.1, -0.05) is 0 Å². The van der Waals surface area contributed by atoms with Crippen LogP contribution in [0.3, 0.4) is 0 Å². The Morgan fingerprint density at radius 3 is 2.71 bits per heavy atom. The second-order valence-corrected chi connectivity index (χ2v) is 2.64. The number of unbranched alkanes of at least 4 members (excludes halogenated alkanes) is 1. The minimum Gasteiger partial charge on any atom is -0.480 e. The zero-order valence-corrected chi connectivity index (χ0v) is 8.67. The summed E-state index contributed by atoms with van der Waals surface area (Å²) in [5, 5.41) is 8.44. The smallest absolute Gasteiger partial charge is 0.320 e. The van der Waals surface area contributed by atoms with Crippen molar-refractivity contribution in [2.45, 2.75) is 25.3 Å². The molecule has 0 aromatic heterocycles. The van der Waals surface area contributed by atoms with E-state index in [2.05, 4.69) is 10.4 Å². The molecule has 0 spiro atoms. The Bertz CT molecular complexity index is 177. The second-order valence-electron chi connectivity index (χ2n) is 2.64. The summed E-state index contributed by atoms with van der Waals surface area (Å²) >= 11 is 0. The molecule has 0 amide bonds. The fourth-order valence-corrected chi connectivity index (χ4v) is 0.808. The van der Waals surface area contributed by atoms with E-state index < -0.39 is 12.0 Å². The van der Waals surface area contributed by atoms with E-state index in [0.29, 0.717) is 13.0 Å². The quantitative estimate of drug-likeness (QED) is 0.153. The molecule has 0 aliphatic carbocycles. The number of nitrogens with one attached hydrogen (secondary N) is 1. The molecule has 7 heteroatoms. The molecule has 0 unspecified atom stereocenters. The molecule has 0 rings (SSSR count). The van der Waals surface area contributed by atoms with Gasteiger partial charge in [0, 0.05) is 6.54 Å². The van der Waals surface area contributed by atoms with Gasteiger partial charge in [-0.15, -0.1) is 12.4 Å². The second kappa shape index (κ2) is 10.2. The Labute approximate surface area is 89.1 Å². The molecule has 0 fully saturated rings. The Kier molecular flexibility index (Phi) is 11.4. The number of hydrogen-bond acceptors (Lipinski definition) is 4. The van der Waals surface area contributed by atoms with Crippen molar-refractivity contribution in [1.29, 1.82) is 0 Å². The number of carbonyl (C=O) groups is 1. The molecule has 14 heavy (non-hydrogen) atoms. The van der Waals surface area contributed by atoms with E-state index >= 15 is 0 Å². The SMILES string of the molecule is Cl.NNC=NCCCC[C@H](N)C(=O)O. The van der Waals surface area contributed by atoms with E-state index in [1.807, 2.05) is 0 Å². The predicted molar refractivity (Wildman–Crippen MR) is 57.4 cm³/mol. The average molecular weight is 225 g/mol. The van der Waals surface area contributed by atoms with Crippen molar-refractivity contribution in [2.24, 2.45) is 16.6 Å². The van der Waals surface area contributed by atoms with Crippen molar-refractivity contribution in [2.75, 3.05) is 6.54 Å². The minimum atomic E-state index is -0.952. The van der Waals surface area contributed by atoms with E-state index in [9.17, 15) is 4.79 Å². The normalized spacial score (nSPS) is 12.1. The lowest BCUT2D eigenvalue weighted by atomic mass is 10.1. The number of aliphatic carboxylic acids is 1. The van der Waals surface area contributed by atoms with Crippen LogP contribution in [0.4, 0.5) is 0 Å². The van der Waals surface area contributed by atoms with Crippen molar-refractivity contribution in [3.8, 4) is 0 Å². The Morgan fingerprint density at radius 1 is 1.57 bits per heavy atom. The Hall–Kier alpha value is -0.850. The Morgan fingerprint density at radius 2 is 2.21 bits per heavy atom. The highest BCUT2D eigenvalue weighted by molar-refractivity contribution is 5.85. The predicted octanol–water partition coefficient (Wildman–Crippen LogP) is -0.518. The largest absolute Gasteiger partial charge is 0.480 e. The third kappa shape index (κ3) is 9.24. The molecule has 0 saturated carbocycles. The number of nitrogens with zero attached hydrogens (tertiary/aromatic N) is 1. The van der Waals surface area contributed by atoms with Crippen molar-refractivity contribution < 1.29 is 9.90 Å². The number of nitrogens with two attached hydrogens (primary N) is 2. The van der Waals surface area contributed by atoms with Crippen molar-refractivity contribution in [1.82, 2.24) is 5.43 Å². The first-order valence-corrected chi connectivity index (χ1v) is 4.11. The summed E-state index contributed by atoms with van der Waals surface area (Å²) in [6.45, 7) is 0.635. The molecule has 0 bridgehead atoms. The maximum absolute atomic E-state index is 10.3. The van der Waals surface area contributed by atoms with E-state index in [0.717, 1.165) is 12.8 Å². The highest BCUT2D eigenvalue weighted by Gasteiger charge is 2.09. The summed E-state index contributed by atoms with van der Waals surface area (Å²) in [5.41, 5.74) is 7.56. The summed E-state index contributed by atoms with van der Waals surface area (Å²) in [5.74, 6) is 3.98. The maximum Gasteiger partial charge on any atom is 0.320 e. The summed E-state index contributed by atoms with van der Waals surface area (Å²) < 4.78 is 0. The van der Waals surface area contributed by atoms with E-state index in [1.165, 1.54) is 6.34 Å². The third-order valence-corrected chi connectivity index (χ3v) is 1.54. The fraction of sp³-hybridized carbons (Fsp3) is 0.714. The standard InChI is InChI=1S/C7H16N4O2.ClH/c8-6(7(12)13)3-1-2-4-10-5-11-9;/h5-6H,1-4,8-9H2,(H,10,11)(H,12,13);1H/t6-;/m0./s1. The molecule has 6 nitrogen and oxygen atoms in total. The lowest BCUT2D eigenvalue weighted by molar-refractivity contribution is -0.138. The van der Waals surface area contributed by atoms with Gasteiger partial charge in [0.15, 0.2) is 0 Å². The van der Waals surface area contributed by atoms with Gasteiger partial charge in [-0.25, -0.2) is 5.84 Å². The van der Waals surface area contributed by atoms with E-state index in [-0.39, 0.29) is 12.4 Å². The molecule has 0 radical (unpaired) electrons. The van der Waals surface area contributed by atoms with Crippen molar-refractivity contribution in [3.63, 3.8) is 0 Å². The molecule has 0 aliphatic heterocycles. The number of halogens is 1. The maximum atomic E-state index is 10.3. The van der Waals surface area contributed by atoms with Gasteiger partial charge in [0.1, 0.15) is 6.04 Å². The summed E-state index contributed by atoms with van der Waals surface area (Å²) in [7, 11) is 0. The van der Waals surface area contributed by atoms with E-state index in [1.54, 1.807) is 0 Å². The first kappa shape index (κ1) is 15.6. The van der Waals surface area contributed by atoms with Gasteiger partial charge in [0.05, 0.1) is 6.34 Å². The monoisotopic (exact) mass is 224 g/mol. The Balaban J connectivity index is 0. The van der Waals surface area contributed by atoms with Gasteiger partial charge >= 0.3 is 5.97 Å². The van der Waals surface area contributed by atoms with Crippen LogP contribution < -0.4 is 17.0 Å². The zero-order valence-electron chi connectivity index (χ0n) is 7.85. The highest BCUT2D eigenvalue weighted by Crippen LogP contribution is 1.98. The summed E-state index contributed by atoms with van der Waals surface area (Å²) in [6.07, 6.45) is 3.46.